The molecule has 2 rings (SSSR count). The fraction of sp³-hybridized carbons (Fsp3) is 0.636. The van der Waals surface area contributed by atoms with Crippen LogP contribution in [0.4, 0.5) is 0 Å². The molecule has 88 valence electrons. The Bertz CT molecular complexity index is 385. The molecular formula is C11H18N4O. The monoisotopic (exact) mass is 222 g/mol. The fourth-order valence-electron chi connectivity index (χ4n) is 2.30. The number of nitrogens with two attached hydrogens (primary N) is 1. The van der Waals surface area contributed by atoms with Gasteiger partial charge in [0, 0.05) is 18.2 Å². The SMILES string of the molecule is CC(CC(=O)NN)n1cnc2c1CCCC2. The first-order valence-electron chi connectivity index (χ1n) is 5.76. The Morgan fingerprint density at radius 2 is 2.38 bits per heavy atom. The molecular weight excluding hydrogens is 204 g/mol. The van der Waals surface area contributed by atoms with Gasteiger partial charge in [0.25, 0.3) is 0 Å². The van der Waals surface area contributed by atoms with E-state index in [1.165, 1.54) is 24.2 Å². The lowest BCUT2D eigenvalue weighted by Gasteiger charge is -2.18. The molecule has 3 N–H and O–H groups in total. The highest BCUT2D eigenvalue weighted by molar-refractivity contribution is 5.75. The van der Waals surface area contributed by atoms with Crippen molar-refractivity contribution in [3.63, 3.8) is 0 Å². The average Bonchev–Trinajstić information content (AvgIpc) is 2.72. The minimum Gasteiger partial charge on any atom is -0.331 e. The first-order chi connectivity index (χ1) is 7.72. The van der Waals surface area contributed by atoms with E-state index in [0.717, 1.165) is 12.8 Å². The number of nitrogens with one attached hydrogen (secondary N) is 1. The Kier molecular flexibility index (Phi) is 3.24. The molecule has 0 aliphatic heterocycles. The lowest BCUT2D eigenvalue weighted by atomic mass is 10.0. The molecule has 5 heteroatoms. The smallest absolute Gasteiger partial charge is 0.235 e. The highest BCUT2D eigenvalue weighted by Crippen LogP contribution is 2.23. The molecule has 1 aliphatic carbocycles. The fourth-order valence-corrected chi connectivity index (χ4v) is 2.30. The van der Waals surface area contributed by atoms with E-state index in [4.69, 9.17) is 5.84 Å². The van der Waals surface area contributed by atoms with Gasteiger partial charge < -0.3 is 4.57 Å². The molecule has 1 unspecified atom stereocenters. The Morgan fingerprint density at radius 3 is 3.12 bits per heavy atom. The Labute approximate surface area is 95.0 Å². The number of hydrazine groups is 1. The highest BCUT2D eigenvalue weighted by Gasteiger charge is 2.19. The number of nitrogens with zero attached hydrogens (tertiary/aromatic N) is 2. The highest BCUT2D eigenvalue weighted by atomic mass is 16.2. The topological polar surface area (TPSA) is 72.9 Å². The summed E-state index contributed by atoms with van der Waals surface area (Å²) in [6, 6.07) is 0.123. The summed E-state index contributed by atoms with van der Waals surface area (Å²) in [7, 11) is 0. The lowest BCUT2D eigenvalue weighted by molar-refractivity contribution is -0.121. The van der Waals surface area contributed by atoms with Crippen LogP contribution in [-0.2, 0) is 17.6 Å². The average molecular weight is 222 g/mol. The molecule has 1 aromatic rings. The maximum Gasteiger partial charge on any atom is 0.235 e. The largest absolute Gasteiger partial charge is 0.331 e. The Morgan fingerprint density at radius 1 is 1.62 bits per heavy atom. The van der Waals surface area contributed by atoms with Crippen molar-refractivity contribution in [3.05, 3.63) is 17.7 Å². The van der Waals surface area contributed by atoms with Crippen molar-refractivity contribution in [2.45, 2.75) is 45.1 Å². The number of aromatic nitrogens is 2. The van der Waals surface area contributed by atoms with Gasteiger partial charge in [-0.25, -0.2) is 10.8 Å². The maximum atomic E-state index is 11.2. The van der Waals surface area contributed by atoms with E-state index in [1.807, 2.05) is 13.3 Å². The number of aryl methyl sites for hydroxylation is 1. The summed E-state index contributed by atoms with van der Waals surface area (Å²) in [4.78, 5) is 15.6. The second-order valence-electron chi connectivity index (χ2n) is 4.37. The van der Waals surface area contributed by atoms with Crippen molar-refractivity contribution in [1.82, 2.24) is 15.0 Å². The molecule has 0 fully saturated rings. The first-order valence-corrected chi connectivity index (χ1v) is 5.76. The Balaban J connectivity index is 2.14. The number of amides is 1. The molecule has 16 heavy (non-hydrogen) atoms. The Hall–Kier alpha value is -1.36. The molecule has 1 amide bonds. The second-order valence-corrected chi connectivity index (χ2v) is 4.37. The number of rotatable bonds is 3. The van der Waals surface area contributed by atoms with Crippen molar-refractivity contribution in [2.24, 2.45) is 5.84 Å². The van der Waals surface area contributed by atoms with Gasteiger partial charge in [-0.15, -0.1) is 0 Å². The van der Waals surface area contributed by atoms with Crippen LogP contribution in [0.5, 0.6) is 0 Å². The van der Waals surface area contributed by atoms with E-state index in [9.17, 15) is 4.79 Å². The zero-order chi connectivity index (χ0) is 11.5. The molecule has 0 aromatic carbocycles. The second kappa shape index (κ2) is 4.65. The number of hydrogen-bond acceptors (Lipinski definition) is 3. The third-order valence-electron chi connectivity index (χ3n) is 3.18. The summed E-state index contributed by atoms with van der Waals surface area (Å²) in [5, 5.41) is 0. The normalized spacial score (nSPS) is 16.6. The van der Waals surface area contributed by atoms with E-state index >= 15 is 0 Å². The van der Waals surface area contributed by atoms with Crippen molar-refractivity contribution in [3.8, 4) is 0 Å². The van der Waals surface area contributed by atoms with Crippen LogP contribution >= 0.6 is 0 Å². The van der Waals surface area contributed by atoms with Crippen LogP contribution in [0, 0.1) is 0 Å². The van der Waals surface area contributed by atoms with Crippen LogP contribution in [-0.4, -0.2) is 15.5 Å². The molecule has 0 bridgehead atoms. The molecule has 0 saturated heterocycles. The van der Waals surface area contributed by atoms with Gasteiger partial charge in [0.05, 0.1) is 12.0 Å². The number of carbonyl (C=O) groups is 1. The first kappa shape index (κ1) is 11.1. The summed E-state index contributed by atoms with van der Waals surface area (Å²) in [5.41, 5.74) is 4.66. The molecule has 0 radical (unpaired) electrons. The van der Waals surface area contributed by atoms with Gasteiger partial charge in [-0.1, -0.05) is 0 Å². The number of hydrogen-bond donors (Lipinski definition) is 2. The minimum atomic E-state index is -0.134. The van der Waals surface area contributed by atoms with Crippen molar-refractivity contribution >= 4 is 5.91 Å². The number of fused-ring (bicyclic) bond motifs is 1. The van der Waals surface area contributed by atoms with Gasteiger partial charge in [-0.05, 0) is 32.6 Å². The van der Waals surface area contributed by atoms with Gasteiger partial charge in [0.15, 0.2) is 0 Å². The summed E-state index contributed by atoms with van der Waals surface area (Å²) in [6.45, 7) is 2.02. The van der Waals surface area contributed by atoms with Gasteiger partial charge in [-0.3, -0.25) is 10.2 Å². The van der Waals surface area contributed by atoms with Crippen LogP contribution in [0.15, 0.2) is 6.33 Å². The van der Waals surface area contributed by atoms with E-state index < -0.39 is 0 Å². The van der Waals surface area contributed by atoms with Crippen LogP contribution < -0.4 is 11.3 Å². The van der Waals surface area contributed by atoms with Gasteiger partial charge in [-0.2, -0.15) is 0 Å². The van der Waals surface area contributed by atoms with Crippen LogP contribution in [0.25, 0.3) is 0 Å². The zero-order valence-corrected chi connectivity index (χ0v) is 9.57. The molecule has 1 aliphatic rings. The van der Waals surface area contributed by atoms with Gasteiger partial charge >= 0.3 is 0 Å². The summed E-state index contributed by atoms with van der Waals surface area (Å²) < 4.78 is 2.11. The molecule has 0 saturated carbocycles. The zero-order valence-electron chi connectivity index (χ0n) is 9.57. The number of imidazole rings is 1. The van der Waals surface area contributed by atoms with E-state index in [1.54, 1.807) is 0 Å². The van der Waals surface area contributed by atoms with Crippen LogP contribution in [0.1, 0.15) is 43.6 Å². The molecule has 5 nitrogen and oxygen atoms in total. The summed E-state index contributed by atoms with van der Waals surface area (Å²) >= 11 is 0. The predicted molar refractivity (Wildman–Crippen MR) is 60.5 cm³/mol. The van der Waals surface area contributed by atoms with E-state index in [-0.39, 0.29) is 11.9 Å². The quantitative estimate of drug-likeness (QED) is 0.449. The standard InChI is InChI=1S/C11H18N4O/c1-8(6-11(16)14-12)15-7-13-9-4-2-3-5-10(9)15/h7-8H,2-6,12H2,1H3,(H,14,16). The molecule has 1 heterocycles. The van der Waals surface area contributed by atoms with E-state index in [0.29, 0.717) is 6.42 Å². The predicted octanol–water partition coefficient (Wildman–Crippen LogP) is 0.703. The van der Waals surface area contributed by atoms with Crippen molar-refractivity contribution < 1.29 is 4.79 Å². The summed E-state index contributed by atoms with van der Waals surface area (Å²) in [5.74, 6) is 4.95. The van der Waals surface area contributed by atoms with Gasteiger partial charge in [0.2, 0.25) is 5.91 Å². The number of carbonyl (C=O) groups excluding carboxylic acids is 1. The van der Waals surface area contributed by atoms with Crippen LogP contribution in [0.3, 0.4) is 0 Å². The van der Waals surface area contributed by atoms with Crippen LogP contribution in [0.2, 0.25) is 0 Å². The lowest BCUT2D eigenvalue weighted by Crippen LogP contribution is -2.31. The minimum absolute atomic E-state index is 0.123. The van der Waals surface area contributed by atoms with Crippen molar-refractivity contribution in [1.29, 1.82) is 0 Å². The third kappa shape index (κ3) is 2.09. The van der Waals surface area contributed by atoms with Gasteiger partial charge in [0.1, 0.15) is 0 Å². The molecule has 0 spiro atoms. The molecule has 1 aromatic heterocycles. The molecule has 1 atom stereocenters. The van der Waals surface area contributed by atoms with E-state index in [2.05, 4.69) is 15.0 Å². The maximum absolute atomic E-state index is 11.2. The van der Waals surface area contributed by atoms with Crippen molar-refractivity contribution in [2.75, 3.05) is 0 Å². The third-order valence-corrected chi connectivity index (χ3v) is 3.18. The summed E-state index contributed by atoms with van der Waals surface area (Å²) in [6.07, 6.45) is 6.84.